The smallest absolute Gasteiger partial charge is 0.255 e. The van der Waals surface area contributed by atoms with E-state index in [4.69, 9.17) is 11.6 Å². The zero-order valence-corrected chi connectivity index (χ0v) is 12.9. The molecule has 0 aliphatic rings. The van der Waals surface area contributed by atoms with Gasteiger partial charge in [0.2, 0.25) is 0 Å². The van der Waals surface area contributed by atoms with E-state index in [9.17, 15) is 4.79 Å². The summed E-state index contributed by atoms with van der Waals surface area (Å²) in [6.07, 6.45) is 1.71. The molecule has 100 valence electrons. The Labute approximate surface area is 124 Å². The normalized spacial score (nSPS) is 11.0. The molecule has 2 aromatic heterocycles. The Morgan fingerprint density at radius 3 is 2.74 bits per heavy atom. The fraction of sp³-hybridized carbons (Fsp3) is 0.308. The molecule has 0 saturated carbocycles. The summed E-state index contributed by atoms with van der Waals surface area (Å²) in [6, 6.07) is 5.09. The topological polar surface area (TPSA) is 47.8 Å². The Kier molecular flexibility index (Phi) is 4.37. The largest absolute Gasteiger partial charge is 0.290 e. The van der Waals surface area contributed by atoms with Gasteiger partial charge in [0.05, 0.1) is 12.2 Å². The second kappa shape index (κ2) is 5.84. The van der Waals surface area contributed by atoms with Crippen LogP contribution >= 0.6 is 27.5 Å². The van der Waals surface area contributed by atoms with Gasteiger partial charge in [-0.05, 0) is 28.1 Å². The van der Waals surface area contributed by atoms with Crippen molar-refractivity contribution >= 4 is 27.5 Å². The number of rotatable bonds is 3. The molecule has 0 atom stereocenters. The summed E-state index contributed by atoms with van der Waals surface area (Å²) in [5.41, 5.74) is 0.643. The highest BCUT2D eigenvalue weighted by atomic mass is 79.9. The Hall–Kier alpha value is -1.20. The third-order valence-electron chi connectivity index (χ3n) is 2.63. The maximum atomic E-state index is 12.0. The average molecular weight is 343 g/mol. The van der Waals surface area contributed by atoms with Gasteiger partial charge in [0.25, 0.3) is 5.56 Å². The van der Waals surface area contributed by atoms with E-state index >= 15 is 0 Å². The maximum absolute atomic E-state index is 12.0. The lowest BCUT2D eigenvalue weighted by Gasteiger charge is -2.14. The number of hydrogen-bond donors (Lipinski definition) is 0. The number of nitrogens with zero attached hydrogens (tertiary/aromatic N) is 3. The van der Waals surface area contributed by atoms with Crippen LogP contribution in [0.5, 0.6) is 0 Å². The van der Waals surface area contributed by atoms with Gasteiger partial charge in [0, 0.05) is 22.7 Å². The number of aromatic nitrogens is 3. The summed E-state index contributed by atoms with van der Waals surface area (Å²) in [6.45, 7) is 4.34. The van der Waals surface area contributed by atoms with Gasteiger partial charge in [0.15, 0.2) is 0 Å². The Morgan fingerprint density at radius 1 is 1.42 bits per heavy atom. The predicted molar refractivity (Wildman–Crippen MR) is 78.6 cm³/mol. The molecular weight excluding hydrogens is 330 g/mol. The zero-order chi connectivity index (χ0) is 14.0. The lowest BCUT2D eigenvalue weighted by atomic mass is 10.2. The van der Waals surface area contributed by atoms with E-state index in [0.717, 1.165) is 10.2 Å². The van der Waals surface area contributed by atoms with Gasteiger partial charge >= 0.3 is 0 Å². The molecule has 0 unspecified atom stereocenters. The lowest BCUT2D eigenvalue weighted by Crippen LogP contribution is -2.26. The molecule has 0 amide bonds. The van der Waals surface area contributed by atoms with Crippen molar-refractivity contribution in [1.29, 1.82) is 0 Å². The fourth-order valence-corrected chi connectivity index (χ4v) is 2.17. The number of halogens is 2. The van der Waals surface area contributed by atoms with Crippen LogP contribution in [0.15, 0.2) is 33.7 Å². The van der Waals surface area contributed by atoms with E-state index in [0.29, 0.717) is 12.4 Å². The molecule has 2 rings (SSSR count). The molecule has 0 aliphatic carbocycles. The molecule has 19 heavy (non-hydrogen) atoms. The summed E-state index contributed by atoms with van der Waals surface area (Å²) in [5, 5.41) is 0.230. The molecule has 2 heterocycles. The van der Waals surface area contributed by atoms with Crippen molar-refractivity contribution in [2.75, 3.05) is 0 Å². The fourth-order valence-electron chi connectivity index (χ4n) is 1.76. The molecular formula is C13H13BrClN3O. The standard InChI is InChI=1S/C13H13BrClN3O/c1-8(2)13-17-11(15)5-12(19)18(13)7-10-4-3-9(14)6-16-10/h3-6,8H,7H2,1-2H3. The van der Waals surface area contributed by atoms with Gasteiger partial charge in [-0.2, -0.15) is 0 Å². The highest BCUT2D eigenvalue weighted by Crippen LogP contribution is 2.14. The van der Waals surface area contributed by atoms with Crippen LogP contribution in [0.4, 0.5) is 0 Å². The summed E-state index contributed by atoms with van der Waals surface area (Å²) in [5.74, 6) is 0.782. The molecule has 0 saturated heterocycles. The van der Waals surface area contributed by atoms with Crippen LogP contribution in [-0.2, 0) is 6.54 Å². The van der Waals surface area contributed by atoms with Crippen LogP contribution in [0.2, 0.25) is 5.15 Å². The van der Waals surface area contributed by atoms with E-state index in [-0.39, 0.29) is 16.6 Å². The van der Waals surface area contributed by atoms with Crippen molar-refractivity contribution in [1.82, 2.24) is 14.5 Å². The highest BCUT2D eigenvalue weighted by molar-refractivity contribution is 9.10. The van der Waals surface area contributed by atoms with Crippen molar-refractivity contribution < 1.29 is 0 Å². The summed E-state index contributed by atoms with van der Waals surface area (Å²) >= 11 is 9.18. The Morgan fingerprint density at radius 2 is 2.16 bits per heavy atom. The minimum atomic E-state index is -0.159. The lowest BCUT2D eigenvalue weighted by molar-refractivity contribution is 0.617. The second-order valence-corrected chi connectivity index (χ2v) is 5.79. The van der Waals surface area contributed by atoms with Crippen molar-refractivity contribution in [3.8, 4) is 0 Å². The Bertz CT molecular complexity index is 637. The highest BCUT2D eigenvalue weighted by Gasteiger charge is 2.12. The second-order valence-electron chi connectivity index (χ2n) is 4.48. The zero-order valence-electron chi connectivity index (χ0n) is 10.6. The minimum Gasteiger partial charge on any atom is -0.290 e. The molecule has 0 fully saturated rings. The maximum Gasteiger partial charge on any atom is 0.255 e. The van der Waals surface area contributed by atoms with Crippen LogP contribution in [0, 0.1) is 0 Å². The Balaban J connectivity index is 2.44. The van der Waals surface area contributed by atoms with Crippen LogP contribution in [-0.4, -0.2) is 14.5 Å². The van der Waals surface area contributed by atoms with Crippen LogP contribution < -0.4 is 5.56 Å². The molecule has 0 aromatic carbocycles. The van der Waals surface area contributed by atoms with E-state index in [1.165, 1.54) is 6.07 Å². The number of hydrogen-bond acceptors (Lipinski definition) is 3. The van der Waals surface area contributed by atoms with Gasteiger partial charge < -0.3 is 0 Å². The van der Waals surface area contributed by atoms with Gasteiger partial charge in [-0.25, -0.2) is 4.98 Å². The summed E-state index contributed by atoms with van der Waals surface area (Å²) in [4.78, 5) is 20.5. The molecule has 0 aliphatic heterocycles. The van der Waals surface area contributed by atoms with E-state index in [2.05, 4.69) is 25.9 Å². The van der Waals surface area contributed by atoms with Gasteiger partial charge in [-0.3, -0.25) is 14.3 Å². The van der Waals surface area contributed by atoms with Crippen molar-refractivity contribution in [3.05, 3.63) is 55.9 Å². The molecule has 0 spiro atoms. The molecule has 6 heteroatoms. The average Bonchev–Trinajstić information content (AvgIpc) is 2.34. The first kappa shape index (κ1) is 14.2. The van der Waals surface area contributed by atoms with E-state index in [1.54, 1.807) is 10.8 Å². The van der Waals surface area contributed by atoms with Crippen LogP contribution in [0.1, 0.15) is 31.3 Å². The molecule has 2 aromatic rings. The monoisotopic (exact) mass is 341 g/mol. The molecule has 0 N–H and O–H groups in total. The predicted octanol–water partition coefficient (Wildman–Crippen LogP) is 3.23. The van der Waals surface area contributed by atoms with Crippen molar-refractivity contribution in [2.24, 2.45) is 0 Å². The van der Waals surface area contributed by atoms with Crippen LogP contribution in [0.3, 0.4) is 0 Å². The molecule has 4 nitrogen and oxygen atoms in total. The van der Waals surface area contributed by atoms with Crippen molar-refractivity contribution in [2.45, 2.75) is 26.3 Å². The SMILES string of the molecule is CC(C)c1nc(Cl)cc(=O)n1Cc1ccc(Br)cn1. The van der Waals surface area contributed by atoms with Crippen molar-refractivity contribution in [3.63, 3.8) is 0 Å². The third-order valence-corrected chi connectivity index (χ3v) is 3.29. The third kappa shape index (κ3) is 3.42. The quantitative estimate of drug-likeness (QED) is 0.805. The van der Waals surface area contributed by atoms with E-state index < -0.39 is 0 Å². The molecule has 0 bridgehead atoms. The van der Waals surface area contributed by atoms with Crippen LogP contribution in [0.25, 0.3) is 0 Å². The first-order valence-electron chi connectivity index (χ1n) is 5.85. The first-order valence-corrected chi connectivity index (χ1v) is 7.02. The summed E-state index contributed by atoms with van der Waals surface area (Å²) in [7, 11) is 0. The van der Waals surface area contributed by atoms with Gasteiger partial charge in [0.1, 0.15) is 11.0 Å². The number of pyridine rings is 1. The van der Waals surface area contributed by atoms with E-state index in [1.807, 2.05) is 26.0 Å². The summed E-state index contributed by atoms with van der Waals surface area (Å²) < 4.78 is 2.51. The molecule has 0 radical (unpaired) electrons. The van der Waals surface area contributed by atoms with Gasteiger partial charge in [-0.1, -0.05) is 25.4 Å². The first-order chi connectivity index (χ1) is 8.97. The minimum absolute atomic E-state index is 0.113. The van der Waals surface area contributed by atoms with Gasteiger partial charge in [-0.15, -0.1) is 0 Å².